The molecule has 1 amide bonds. The van der Waals surface area contributed by atoms with Gasteiger partial charge in [-0.15, -0.1) is 0 Å². The lowest BCUT2D eigenvalue weighted by Gasteiger charge is -2.31. The number of hydrogen-bond donors (Lipinski definition) is 0. The Kier molecular flexibility index (Phi) is 5.39. The monoisotopic (exact) mass is 396 g/mol. The number of benzene rings is 1. The van der Waals surface area contributed by atoms with Crippen molar-refractivity contribution in [2.75, 3.05) is 20.8 Å². The van der Waals surface area contributed by atoms with Crippen LogP contribution in [0.2, 0.25) is 0 Å². The molecule has 0 fully saturated rings. The number of rotatable bonds is 6. The standard InChI is InChI=1S/C22H24N2O3S/c1-26-20-11-16-5-9-24(14-18(16)12-21(20)27-2)22(25)13-19(17-6-10-28-15-17)23-7-3-4-8-23/h3-4,6-8,10-12,15,19H,5,9,13-14H2,1-2H3/t19-/m1/s1. The second kappa shape index (κ2) is 8.10. The van der Waals surface area contributed by atoms with Gasteiger partial charge in [-0.25, -0.2) is 0 Å². The molecule has 0 bridgehead atoms. The van der Waals surface area contributed by atoms with Crippen LogP contribution >= 0.6 is 11.3 Å². The second-order valence-corrected chi connectivity index (χ2v) is 7.73. The fourth-order valence-corrected chi connectivity index (χ4v) is 4.51. The van der Waals surface area contributed by atoms with E-state index < -0.39 is 0 Å². The van der Waals surface area contributed by atoms with E-state index in [1.54, 1.807) is 25.6 Å². The van der Waals surface area contributed by atoms with Gasteiger partial charge in [-0.2, -0.15) is 11.3 Å². The van der Waals surface area contributed by atoms with Crippen LogP contribution < -0.4 is 9.47 Å². The van der Waals surface area contributed by atoms with Crippen LogP contribution in [0.5, 0.6) is 11.5 Å². The van der Waals surface area contributed by atoms with Gasteiger partial charge in [0.1, 0.15) is 0 Å². The van der Waals surface area contributed by atoms with E-state index in [1.807, 2.05) is 41.6 Å². The Morgan fingerprint density at radius 3 is 2.50 bits per heavy atom. The van der Waals surface area contributed by atoms with Gasteiger partial charge in [0.05, 0.1) is 26.7 Å². The summed E-state index contributed by atoms with van der Waals surface area (Å²) in [6.45, 7) is 1.33. The van der Waals surface area contributed by atoms with Gasteiger partial charge < -0.3 is 18.9 Å². The van der Waals surface area contributed by atoms with Crippen molar-refractivity contribution in [1.29, 1.82) is 0 Å². The normalized spacial score (nSPS) is 14.4. The summed E-state index contributed by atoms with van der Waals surface area (Å²) in [5.41, 5.74) is 3.53. The van der Waals surface area contributed by atoms with E-state index in [4.69, 9.17) is 9.47 Å². The Morgan fingerprint density at radius 2 is 1.86 bits per heavy atom. The summed E-state index contributed by atoms with van der Waals surface area (Å²) in [6.07, 6.45) is 5.33. The Labute approximate surface area is 169 Å². The van der Waals surface area contributed by atoms with Crippen LogP contribution in [0, 0.1) is 0 Å². The van der Waals surface area contributed by atoms with Crippen molar-refractivity contribution >= 4 is 17.2 Å². The first-order chi connectivity index (χ1) is 13.7. The average molecular weight is 397 g/mol. The Balaban J connectivity index is 1.53. The quantitative estimate of drug-likeness (QED) is 0.629. The molecule has 1 aromatic carbocycles. The van der Waals surface area contributed by atoms with Crippen molar-refractivity contribution in [3.63, 3.8) is 0 Å². The Morgan fingerprint density at radius 1 is 1.14 bits per heavy atom. The van der Waals surface area contributed by atoms with E-state index in [-0.39, 0.29) is 11.9 Å². The lowest BCUT2D eigenvalue weighted by Crippen LogP contribution is -2.37. The molecule has 1 atom stereocenters. The predicted octanol–water partition coefficient (Wildman–Crippen LogP) is 4.13. The van der Waals surface area contributed by atoms with Crippen molar-refractivity contribution in [2.24, 2.45) is 0 Å². The van der Waals surface area contributed by atoms with Gasteiger partial charge in [0.25, 0.3) is 0 Å². The van der Waals surface area contributed by atoms with Gasteiger partial charge in [0.15, 0.2) is 11.5 Å². The SMILES string of the molecule is COc1cc2c(cc1OC)CN(C(=O)C[C@H](c1ccsc1)n1cccc1)CC2. The number of carbonyl (C=O) groups is 1. The van der Waals surface area contributed by atoms with Crippen molar-refractivity contribution < 1.29 is 14.3 Å². The second-order valence-electron chi connectivity index (χ2n) is 6.95. The third-order valence-electron chi connectivity index (χ3n) is 5.35. The molecule has 2 aromatic heterocycles. The minimum atomic E-state index is 0.0283. The number of aromatic nitrogens is 1. The maximum Gasteiger partial charge on any atom is 0.225 e. The molecule has 0 spiro atoms. The average Bonchev–Trinajstić information content (AvgIpc) is 3.44. The van der Waals surface area contributed by atoms with Crippen molar-refractivity contribution in [2.45, 2.75) is 25.4 Å². The first-order valence-electron chi connectivity index (χ1n) is 9.35. The summed E-state index contributed by atoms with van der Waals surface area (Å²) in [5, 5.41) is 4.19. The van der Waals surface area contributed by atoms with Gasteiger partial charge in [-0.1, -0.05) is 0 Å². The van der Waals surface area contributed by atoms with Crippen molar-refractivity contribution in [3.05, 3.63) is 70.2 Å². The number of fused-ring (bicyclic) bond motifs is 1. The number of thiophene rings is 1. The van der Waals surface area contributed by atoms with E-state index in [0.717, 1.165) is 24.3 Å². The number of amides is 1. The summed E-state index contributed by atoms with van der Waals surface area (Å²) >= 11 is 1.66. The van der Waals surface area contributed by atoms with Gasteiger partial charge in [-0.05, 0) is 64.2 Å². The number of nitrogens with zero attached hydrogens (tertiary/aromatic N) is 2. The van der Waals surface area contributed by atoms with Gasteiger partial charge >= 0.3 is 0 Å². The minimum absolute atomic E-state index is 0.0283. The zero-order chi connectivity index (χ0) is 19.5. The van der Waals surface area contributed by atoms with Crippen LogP contribution in [0.25, 0.3) is 0 Å². The van der Waals surface area contributed by atoms with Crippen LogP contribution in [-0.4, -0.2) is 36.1 Å². The largest absolute Gasteiger partial charge is 0.493 e. The molecular formula is C22H24N2O3S. The molecular weight excluding hydrogens is 372 g/mol. The van der Waals surface area contributed by atoms with E-state index in [2.05, 4.69) is 21.4 Å². The highest BCUT2D eigenvalue weighted by Crippen LogP contribution is 2.34. The van der Waals surface area contributed by atoms with E-state index in [0.29, 0.717) is 18.7 Å². The molecule has 0 saturated carbocycles. The lowest BCUT2D eigenvalue weighted by atomic mass is 9.97. The van der Waals surface area contributed by atoms with Crippen LogP contribution in [-0.2, 0) is 17.8 Å². The molecule has 4 rings (SSSR count). The molecule has 6 heteroatoms. The summed E-state index contributed by atoms with van der Waals surface area (Å²) in [5.74, 6) is 1.62. The number of ether oxygens (including phenoxy) is 2. The zero-order valence-corrected chi connectivity index (χ0v) is 16.9. The van der Waals surface area contributed by atoms with Crippen LogP contribution in [0.3, 0.4) is 0 Å². The summed E-state index contributed by atoms with van der Waals surface area (Å²) < 4.78 is 13.0. The molecule has 0 unspecified atom stereocenters. The summed E-state index contributed by atoms with van der Waals surface area (Å²) in [4.78, 5) is 15.1. The number of carbonyl (C=O) groups excluding carboxylic acids is 1. The summed E-state index contributed by atoms with van der Waals surface area (Å²) in [6, 6.07) is 10.2. The zero-order valence-electron chi connectivity index (χ0n) is 16.1. The van der Waals surface area contributed by atoms with Gasteiger partial charge in [-0.3, -0.25) is 4.79 Å². The smallest absolute Gasteiger partial charge is 0.225 e. The molecule has 0 saturated heterocycles. The van der Waals surface area contributed by atoms with E-state index in [9.17, 15) is 4.79 Å². The van der Waals surface area contributed by atoms with Gasteiger partial charge in [0, 0.05) is 25.5 Å². The molecule has 1 aliphatic heterocycles. The molecule has 146 valence electrons. The predicted molar refractivity (Wildman–Crippen MR) is 110 cm³/mol. The first-order valence-corrected chi connectivity index (χ1v) is 10.3. The summed E-state index contributed by atoms with van der Waals surface area (Å²) in [7, 11) is 3.28. The van der Waals surface area contributed by atoms with Crippen LogP contribution in [0.15, 0.2) is 53.5 Å². The highest BCUT2D eigenvalue weighted by molar-refractivity contribution is 7.08. The maximum atomic E-state index is 13.1. The number of methoxy groups -OCH3 is 2. The minimum Gasteiger partial charge on any atom is -0.493 e. The molecule has 3 aromatic rings. The molecule has 0 aliphatic carbocycles. The third-order valence-corrected chi connectivity index (χ3v) is 6.06. The van der Waals surface area contributed by atoms with Crippen LogP contribution in [0.1, 0.15) is 29.2 Å². The lowest BCUT2D eigenvalue weighted by molar-refractivity contribution is -0.132. The Hall–Kier alpha value is -2.73. The maximum absolute atomic E-state index is 13.1. The van der Waals surface area contributed by atoms with E-state index in [1.165, 1.54) is 11.1 Å². The molecule has 0 N–H and O–H groups in total. The first kappa shape index (κ1) is 18.6. The van der Waals surface area contributed by atoms with E-state index >= 15 is 0 Å². The number of hydrogen-bond acceptors (Lipinski definition) is 4. The highest BCUT2D eigenvalue weighted by atomic mass is 32.1. The highest BCUT2D eigenvalue weighted by Gasteiger charge is 2.26. The van der Waals surface area contributed by atoms with Crippen molar-refractivity contribution in [1.82, 2.24) is 9.47 Å². The topological polar surface area (TPSA) is 43.7 Å². The third kappa shape index (κ3) is 3.64. The van der Waals surface area contributed by atoms with Gasteiger partial charge in [0.2, 0.25) is 5.91 Å². The Bertz CT molecular complexity index is 901. The fraction of sp³-hybridized carbons (Fsp3) is 0.318. The molecule has 5 nitrogen and oxygen atoms in total. The fourth-order valence-electron chi connectivity index (χ4n) is 3.81. The molecule has 3 heterocycles. The van der Waals surface area contributed by atoms with Crippen molar-refractivity contribution in [3.8, 4) is 11.5 Å². The van der Waals surface area contributed by atoms with Crippen LogP contribution in [0.4, 0.5) is 0 Å². The molecule has 28 heavy (non-hydrogen) atoms. The molecule has 0 radical (unpaired) electrons. The molecule has 1 aliphatic rings.